The van der Waals surface area contributed by atoms with E-state index < -0.39 is 0 Å². The van der Waals surface area contributed by atoms with E-state index in [4.69, 9.17) is 24.4 Å². The molecule has 60 heavy (non-hydrogen) atoms. The van der Waals surface area contributed by atoms with Gasteiger partial charge in [-0.25, -0.2) is 19.9 Å². The summed E-state index contributed by atoms with van der Waals surface area (Å²) in [6.07, 6.45) is 0. The van der Waals surface area contributed by atoms with Crippen LogP contribution in [0.2, 0.25) is 0 Å². The predicted molar refractivity (Wildman–Crippen MR) is 244 cm³/mol. The molecule has 6 heteroatoms. The lowest BCUT2D eigenvalue weighted by molar-refractivity contribution is 0.669. The number of para-hydroxylation sites is 3. The summed E-state index contributed by atoms with van der Waals surface area (Å²) in [4.78, 5) is 20.8. The summed E-state index contributed by atoms with van der Waals surface area (Å²) in [5.74, 6) is 1.75. The summed E-state index contributed by atoms with van der Waals surface area (Å²) in [5, 5.41) is 5.58. The van der Waals surface area contributed by atoms with Crippen LogP contribution in [0.5, 0.6) is 0 Å². The molecule has 0 bridgehead atoms. The van der Waals surface area contributed by atoms with Crippen molar-refractivity contribution in [3.63, 3.8) is 0 Å². The van der Waals surface area contributed by atoms with Crippen LogP contribution in [0.1, 0.15) is 0 Å². The maximum atomic E-state index is 6.65. The standard InChI is InChI=1S/C54H33N5O/c1-3-15-34(16-4-1)36-29-30-43-45(33-36)55-50(51-49(43)44-25-9-12-28-48(44)60-51)37-19-13-20-38(31-37)53-56-52(35-17-5-2-6-18-35)57-54(58-53)39-21-14-22-40(32-39)59-46-26-10-7-23-41(46)42-24-8-11-27-47(42)59/h1-33H. The highest BCUT2D eigenvalue weighted by Crippen LogP contribution is 2.41. The van der Waals surface area contributed by atoms with Gasteiger partial charge in [-0.1, -0.05) is 158 Å². The summed E-state index contributed by atoms with van der Waals surface area (Å²) in [5.41, 5.74) is 12.3. The summed E-state index contributed by atoms with van der Waals surface area (Å²) >= 11 is 0. The molecular weight excluding hydrogens is 735 g/mol. The van der Waals surface area contributed by atoms with Gasteiger partial charge in [0.15, 0.2) is 23.1 Å². The SMILES string of the molecule is c1ccc(-c2ccc3c(c2)nc(-c2cccc(-c4nc(-c5ccccc5)nc(-c5cccc(-n6c7ccccc7c7ccccc76)c5)n4)c2)c2oc4ccccc4c23)cc1. The van der Waals surface area contributed by atoms with E-state index in [1.54, 1.807) is 0 Å². The molecule has 0 aliphatic heterocycles. The second kappa shape index (κ2) is 13.7. The minimum atomic E-state index is 0.566. The van der Waals surface area contributed by atoms with E-state index in [0.717, 1.165) is 88.6 Å². The first-order valence-electron chi connectivity index (χ1n) is 20.1. The van der Waals surface area contributed by atoms with Crippen molar-refractivity contribution in [2.75, 3.05) is 0 Å². The zero-order valence-electron chi connectivity index (χ0n) is 32.2. The number of hydrogen-bond acceptors (Lipinski definition) is 5. The van der Waals surface area contributed by atoms with E-state index in [1.165, 1.54) is 10.8 Å². The Balaban J connectivity index is 1.03. The Bertz CT molecular complexity index is 3560. The van der Waals surface area contributed by atoms with Crippen molar-refractivity contribution < 1.29 is 4.42 Å². The van der Waals surface area contributed by atoms with Crippen LogP contribution in [0.3, 0.4) is 0 Å². The average molecular weight is 768 g/mol. The summed E-state index contributed by atoms with van der Waals surface area (Å²) in [7, 11) is 0. The molecule has 6 nitrogen and oxygen atoms in total. The van der Waals surface area contributed by atoms with Crippen molar-refractivity contribution >= 4 is 54.6 Å². The van der Waals surface area contributed by atoms with Crippen LogP contribution >= 0.6 is 0 Å². The first-order chi connectivity index (χ1) is 29.7. The molecule has 12 aromatic rings. The van der Waals surface area contributed by atoms with Gasteiger partial charge < -0.3 is 8.98 Å². The molecule has 0 amide bonds. The molecule has 0 unspecified atom stereocenters. The molecule has 4 aromatic heterocycles. The van der Waals surface area contributed by atoms with Gasteiger partial charge in [-0.2, -0.15) is 0 Å². The van der Waals surface area contributed by atoms with Gasteiger partial charge in [-0.3, -0.25) is 0 Å². The summed E-state index contributed by atoms with van der Waals surface area (Å²) in [6, 6.07) is 69.1. The van der Waals surface area contributed by atoms with Crippen LogP contribution in [0, 0.1) is 0 Å². The zero-order chi connectivity index (χ0) is 39.6. The third-order valence-corrected chi connectivity index (χ3v) is 11.4. The quantitative estimate of drug-likeness (QED) is 0.168. The van der Waals surface area contributed by atoms with Gasteiger partial charge >= 0.3 is 0 Å². The predicted octanol–water partition coefficient (Wildman–Crippen LogP) is 13.8. The number of aromatic nitrogens is 5. The van der Waals surface area contributed by atoms with Crippen LogP contribution in [0.25, 0.3) is 117 Å². The highest BCUT2D eigenvalue weighted by Gasteiger charge is 2.20. The Labute approximate surface area is 344 Å². The molecule has 0 fully saturated rings. The lowest BCUT2D eigenvalue weighted by atomic mass is 9.99. The molecular formula is C54H33N5O. The molecule has 0 saturated carbocycles. The Morgan fingerprint density at radius 2 is 0.900 bits per heavy atom. The Morgan fingerprint density at radius 3 is 1.62 bits per heavy atom. The minimum Gasteiger partial charge on any atom is -0.454 e. The van der Waals surface area contributed by atoms with Crippen LogP contribution in [0.15, 0.2) is 205 Å². The average Bonchev–Trinajstić information content (AvgIpc) is 3.88. The van der Waals surface area contributed by atoms with Gasteiger partial charge in [0.05, 0.1) is 16.6 Å². The fraction of sp³-hybridized carbons (Fsp3) is 0. The van der Waals surface area contributed by atoms with Gasteiger partial charge in [-0.15, -0.1) is 0 Å². The van der Waals surface area contributed by atoms with E-state index in [9.17, 15) is 0 Å². The number of rotatable bonds is 6. The lowest BCUT2D eigenvalue weighted by Gasteiger charge is -2.12. The number of hydrogen-bond donors (Lipinski definition) is 0. The normalized spacial score (nSPS) is 11.7. The van der Waals surface area contributed by atoms with Crippen LogP contribution in [0.4, 0.5) is 0 Å². The second-order valence-electron chi connectivity index (χ2n) is 15.0. The van der Waals surface area contributed by atoms with Crippen LogP contribution in [-0.2, 0) is 0 Å². The number of nitrogens with zero attached hydrogens (tertiary/aromatic N) is 5. The number of furan rings is 1. The second-order valence-corrected chi connectivity index (χ2v) is 15.0. The van der Waals surface area contributed by atoms with E-state index in [2.05, 4.69) is 150 Å². The third-order valence-electron chi connectivity index (χ3n) is 11.4. The van der Waals surface area contributed by atoms with E-state index in [-0.39, 0.29) is 0 Å². The monoisotopic (exact) mass is 767 g/mol. The molecule has 0 saturated heterocycles. The maximum absolute atomic E-state index is 6.65. The molecule has 4 heterocycles. The van der Waals surface area contributed by atoms with Gasteiger partial charge in [-0.05, 0) is 53.6 Å². The molecule has 0 spiro atoms. The zero-order valence-corrected chi connectivity index (χ0v) is 32.2. The fourth-order valence-corrected chi connectivity index (χ4v) is 8.63. The van der Waals surface area contributed by atoms with Gasteiger partial charge in [0.2, 0.25) is 0 Å². The minimum absolute atomic E-state index is 0.566. The van der Waals surface area contributed by atoms with Gasteiger partial charge in [0.25, 0.3) is 0 Å². The van der Waals surface area contributed by atoms with Crippen molar-refractivity contribution in [2.24, 2.45) is 0 Å². The number of benzene rings is 8. The third kappa shape index (κ3) is 5.57. The molecule has 12 rings (SSSR count). The van der Waals surface area contributed by atoms with Crippen molar-refractivity contribution in [3.8, 4) is 62.2 Å². The molecule has 0 aliphatic carbocycles. The van der Waals surface area contributed by atoms with Crippen molar-refractivity contribution in [1.29, 1.82) is 0 Å². The molecule has 280 valence electrons. The van der Waals surface area contributed by atoms with Gasteiger partial charge in [0.1, 0.15) is 11.3 Å². The van der Waals surface area contributed by atoms with Crippen molar-refractivity contribution in [1.82, 2.24) is 24.5 Å². The summed E-state index contributed by atoms with van der Waals surface area (Å²) < 4.78 is 8.97. The smallest absolute Gasteiger partial charge is 0.164 e. The number of pyridine rings is 1. The molecule has 0 atom stereocenters. The Hall–Kier alpha value is -8.22. The lowest BCUT2D eigenvalue weighted by Crippen LogP contribution is -2.01. The largest absolute Gasteiger partial charge is 0.454 e. The Morgan fingerprint density at radius 1 is 0.350 bits per heavy atom. The fourth-order valence-electron chi connectivity index (χ4n) is 8.63. The number of fused-ring (bicyclic) bond motifs is 8. The van der Waals surface area contributed by atoms with Crippen LogP contribution in [-0.4, -0.2) is 24.5 Å². The molecule has 0 aliphatic rings. The first kappa shape index (κ1) is 33.9. The maximum Gasteiger partial charge on any atom is 0.164 e. The van der Waals surface area contributed by atoms with Gasteiger partial charge in [0, 0.05) is 54.9 Å². The molecule has 0 N–H and O–H groups in total. The summed E-state index contributed by atoms with van der Waals surface area (Å²) in [6.45, 7) is 0. The highest BCUT2D eigenvalue weighted by atomic mass is 16.3. The molecule has 8 aromatic carbocycles. The van der Waals surface area contributed by atoms with Crippen LogP contribution < -0.4 is 0 Å². The van der Waals surface area contributed by atoms with Crippen molar-refractivity contribution in [3.05, 3.63) is 200 Å². The highest BCUT2D eigenvalue weighted by molar-refractivity contribution is 6.21. The van der Waals surface area contributed by atoms with E-state index in [1.807, 2.05) is 54.6 Å². The van der Waals surface area contributed by atoms with E-state index >= 15 is 0 Å². The first-order valence-corrected chi connectivity index (χ1v) is 20.1. The Kier molecular flexibility index (Phi) is 7.74. The molecule has 0 radical (unpaired) electrons. The van der Waals surface area contributed by atoms with Crippen molar-refractivity contribution in [2.45, 2.75) is 0 Å². The topological polar surface area (TPSA) is 69.6 Å². The van der Waals surface area contributed by atoms with E-state index in [0.29, 0.717) is 17.5 Å².